The monoisotopic (exact) mass is 480 g/mol. The molecule has 0 radical (unpaired) electrons. The van der Waals surface area contributed by atoms with E-state index in [9.17, 15) is 0 Å². The number of hydrogen-bond donors (Lipinski definition) is 0. The highest BCUT2D eigenvalue weighted by atomic mass is 14.1. The minimum Gasteiger partial charge on any atom is -0.0616 e. The molecule has 0 aromatic heterocycles. The van der Waals surface area contributed by atoms with Crippen molar-refractivity contribution in [3.63, 3.8) is 0 Å². The van der Waals surface area contributed by atoms with E-state index in [4.69, 9.17) is 0 Å². The first-order valence-electron chi connectivity index (χ1n) is 13.2. The molecule has 0 saturated carbocycles. The lowest BCUT2D eigenvalue weighted by molar-refractivity contribution is 1.64. The molecule has 0 aliphatic carbocycles. The Bertz CT molecular complexity index is 2160. The van der Waals surface area contributed by atoms with Crippen molar-refractivity contribution < 1.29 is 0 Å². The van der Waals surface area contributed by atoms with Gasteiger partial charge in [-0.2, -0.15) is 0 Å². The Kier molecular flexibility index (Phi) is 4.62. The standard InChI is InChI=1S/C38H24/c1-2-9-28-23-38-30(22-27(28)8-1)20-21-36-31(14-7-15-35(36)38)25-16-18-26(19-17-25)37-24-29-10-3-4-11-32(29)33-12-5-6-13-34(33)37/h1-24H. The van der Waals surface area contributed by atoms with E-state index in [0.717, 1.165) is 0 Å². The van der Waals surface area contributed by atoms with Gasteiger partial charge in [-0.05, 0) is 94.3 Å². The summed E-state index contributed by atoms with van der Waals surface area (Å²) in [5.74, 6) is 0. The molecule has 0 atom stereocenters. The summed E-state index contributed by atoms with van der Waals surface area (Å²) in [6.45, 7) is 0. The van der Waals surface area contributed by atoms with Crippen molar-refractivity contribution in [3.05, 3.63) is 146 Å². The molecule has 0 aliphatic heterocycles. The topological polar surface area (TPSA) is 0 Å². The predicted molar refractivity (Wildman–Crippen MR) is 165 cm³/mol. The molecular weight excluding hydrogens is 456 g/mol. The minimum atomic E-state index is 1.24. The van der Waals surface area contributed by atoms with E-state index in [1.165, 1.54) is 76.1 Å². The van der Waals surface area contributed by atoms with Crippen molar-refractivity contribution in [2.75, 3.05) is 0 Å². The first kappa shape index (κ1) is 21.2. The lowest BCUT2D eigenvalue weighted by Crippen LogP contribution is -1.86. The third-order valence-corrected chi connectivity index (χ3v) is 8.02. The zero-order chi connectivity index (χ0) is 25.1. The van der Waals surface area contributed by atoms with Crippen LogP contribution in [0.1, 0.15) is 0 Å². The van der Waals surface area contributed by atoms with Crippen LogP contribution in [-0.2, 0) is 0 Å². The summed E-state index contributed by atoms with van der Waals surface area (Å²) in [6, 6.07) is 53.4. The van der Waals surface area contributed by atoms with E-state index in [2.05, 4.69) is 146 Å². The van der Waals surface area contributed by atoms with Gasteiger partial charge in [0.1, 0.15) is 0 Å². The lowest BCUT2D eigenvalue weighted by Gasteiger charge is -2.13. The van der Waals surface area contributed by atoms with Gasteiger partial charge in [-0.25, -0.2) is 0 Å². The van der Waals surface area contributed by atoms with Gasteiger partial charge in [0.05, 0.1) is 0 Å². The van der Waals surface area contributed by atoms with Crippen LogP contribution in [0, 0.1) is 0 Å². The van der Waals surface area contributed by atoms with Crippen LogP contribution >= 0.6 is 0 Å². The highest BCUT2D eigenvalue weighted by molar-refractivity contribution is 6.16. The summed E-state index contributed by atoms with van der Waals surface area (Å²) in [7, 11) is 0. The molecule has 0 saturated heterocycles. The Hall–Kier alpha value is -4.94. The van der Waals surface area contributed by atoms with Crippen LogP contribution in [0.25, 0.3) is 76.1 Å². The molecule has 8 aromatic carbocycles. The quantitative estimate of drug-likeness (QED) is 0.170. The molecule has 0 spiro atoms. The van der Waals surface area contributed by atoms with Crippen LogP contribution in [0.5, 0.6) is 0 Å². The van der Waals surface area contributed by atoms with Gasteiger partial charge in [0, 0.05) is 0 Å². The molecular formula is C38H24. The molecule has 0 amide bonds. The van der Waals surface area contributed by atoms with Gasteiger partial charge in [0.15, 0.2) is 0 Å². The Morgan fingerprint density at radius 2 is 0.763 bits per heavy atom. The molecule has 0 fully saturated rings. The summed E-state index contributed by atoms with van der Waals surface area (Å²) in [6.07, 6.45) is 0. The Morgan fingerprint density at radius 1 is 0.237 bits per heavy atom. The zero-order valence-corrected chi connectivity index (χ0v) is 20.9. The lowest BCUT2D eigenvalue weighted by atomic mass is 9.91. The van der Waals surface area contributed by atoms with Gasteiger partial charge in [-0.1, -0.05) is 127 Å². The molecule has 0 heterocycles. The fourth-order valence-electron chi connectivity index (χ4n) is 6.16. The maximum atomic E-state index is 2.34. The van der Waals surface area contributed by atoms with Gasteiger partial charge in [0.2, 0.25) is 0 Å². The fraction of sp³-hybridized carbons (Fsp3) is 0. The van der Waals surface area contributed by atoms with Gasteiger partial charge in [-0.3, -0.25) is 0 Å². The largest absolute Gasteiger partial charge is 0.0616 e. The summed E-state index contributed by atoms with van der Waals surface area (Å²) in [4.78, 5) is 0. The number of hydrogen-bond acceptors (Lipinski definition) is 0. The molecule has 0 unspecified atom stereocenters. The molecule has 0 bridgehead atoms. The average molecular weight is 481 g/mol. The summed E-state index contributed by atoms with van der Waals surface area (Å²) in [5.41, 5.74) is 5.03. The van der Waals surface area contributed by atoms with Crippen LogP contribution < -0.4 is 0 Å². The number of fused-ring (bicyclic) bond motifs is 7. The molecule has 0 N–H and O–H groups in total. The second-order valence-electron chi connectivity index (χ2n) is 10.2. The van der Waals surface area contributed by atoms with E-state index in [-0.39, 0.29) is 0 Å². The Balaban J connectivity index is 1.29. The van der Waals surface area contributed by atoms with Crippen molar-refractivity contribution in [1.82, 2.24) is 0 Å². The van der Waals surface area contributed by atoms with Crippen molar-refractivity contribution in [1.29, 1.82) is 0 Å². The summed E-state index contributed by atoms with van der Waals surface area (Å²) in [5, 5.41) is 12.9. The molecule has 38 heavy (non-hydrogen) atoms. The Labute approximate surface area is 221 Å². The van der Waals surface area contributed by atoms with Gasteiger partial charge < -0.3 is 0 Å². The third kappa shape index (κ3) is 3.24. The molecule has 8 rings (SSSR count). The molecule has 0 nitrogen and oxygen atoms in total. The maximum Gasteiger partial charge on any atom is -0.00988 e. The SMILES string of the molecule is c1ccc2cc3c(ccc4c(-c5ccc(-c6cc7ccccc7c7ccccc67)cc5)cccc43)cc2c1. The molecule has 0 aliphatic rings. The van der Waals surface area contributed by atoms with Crippen LogP contribution in [0.3, 0.4) is 0 Å². The normalized spacial score (nSPS) is 11.7. The van der Waals surface area contributed by atoms with E-state index < -0.39 is 0 Å². The van der Waals surface area contributed by atoms with Crippen molar-refractivity contribution in [2.24, 2.45) is 0 Å². The van der Waals surface area contributed by atoms with Crippen molar-refractivity contribution in [2.45, 2.75) is 0 Å². The van der Waals surface area contributed by atoms with Gasteiger partial charge >= 0.3 is 0 Å². The first-order chi connectivity index (χ1) is 18.8. The van der Waals surface area contributed by atoms with E-state index in [0.29, 0.717) is 0 Å². The Morgan fingerprint density at radius 3 is 1.55 bits per heavy atom. The average Bonchev–Trinajstić information content (AvgIpc) is 2.99. The third-order valence-electron chi connectivity index (χ3n) is 8.02. The molecule has 0 heteroatoms. The minimum absolute atomic E-state index is 1.24. The molecule has 8 aromatic rings. The fourth-order valence-corrected chi connectivity index (χ4v) is 6.16. The highest BCUT2D eigenvalue weighted by Crippen LogP contribution is 2.38. The molecule has 176 valence electrons. The number of rotatable bonds is 2. The summed E-state index contributed by atoms with van der Waals surface area (Å²) >= 11 is 0. The highest BCUT2D eigenvalue weighted by Gasteiger charge is 2.11. The maximum absolute atomic E-state index is 2.34. The van der Waals surface area contributed by atoms with E-state index >= 15 is 0 Å². The van der Waals surface area contributed by atoms with Gasteiger partial charge in [0.25, 0.3) is 0 Å². The second kappa shape index (κ2) is 8.30. The zero-order valence-electron chi connectivity index (χ0n) is 20.9. The van der Waals surface area contributed by atoms with Crippen LogP contribution in [0.15, 0.2) is 146 Å². The van der Waals surface area contributed by atoms with Crippen LogP contribution in [-0.4, -0.2) is 0 Å². The van der Waals surface area contributed by atoms with Crippen molar-refractivity contribution >= 4 is 53.9 Å². The number of benzene rings is 8. The van der Waals surface area contributed by atoms with Crippen molar-refractivity contribution in [3.8, 4) is 22.3 Å². The smallest absolute Gasteiger partial charge is 0.00988 e. The second-order valence-corrected chi connectivity index (χ2v) is 10.2. The van der Waals surface area contributed by atoms with Crippen LogP contribution in [0.2, 0.25) is 0 Å². The van der Waals surface area contributed by atoms with Gasteiger partial charge in [-0.15, -0.1) is 0 Å². The predicted octanol–water partition coefficient (Wildman–Crippen LogP) is 10.8. The van der Waals surface area contributed by atoms with Crippen LogP contribution in [0.4, 0.5) is 0 Å². The first-order valence-corrected chi connectivity index (χ1v) is 13.2. The summed E-state index contributed by atoms with van der Waals surface area (Å²) < 4.78 is 0. The van der Waals surface area contributed by atoms with E-state index in [1.54, 1.807) is 0 Å². The van der Waals surface area contributed by atoms with E-state index in [1.807, 2.05) is 0 Å².